The lowest BCUT2D eigenvalue weighted by Crippen LogP contribution is -2.19. The minimum absolute atomic E-state index is 0.322. The fourth-order valence-electron chi connectivity index (χ4n) is 2.18. The van der Waals surface area contributed by atoms with Crippen LogP contribution in [0.3, 0.4) is 0 Å². The predicted octanol–water partition coefficient (Wildman–Crippen LogP) is 3.40. The number of hydrogen-bond acceptors (Lipinski definition) is 4. The standard InChI is InChI=1S/C14H20N4S/c1-3-6-16-10(2)12-8-19-14(17-12)13-7-15-9-18(13)11-4-5-11/h7-11,16H,3-6H2,1-2H3. The van der Waals surface area contributed by atoms with Gasteiger partial charge in [0.05, 0.1) is 23.9 Å². The van der Waals surface area contributed by atoms with E-state index in [0.29, 0.717) is 12.1 Å². The van der Waals surface area contributed by atoms with E-state index in [2.05, 4.69) is 34.1 Å². The molecule has 0 spiro atoms. The highest BCUT2D eigenvalue weighted by Gasteiger charge is 2.26. The number of thiazole rings is 1. The fraction of sp³-hybridized carbons (Fsp3) is 0.571. The monoisotopic (exact) mass is 276 g/mol. The third-order valence-corrected chi connectivity index (χ3v) is 4.37. The van der Waals surface area contributed by atoms with E-state index in [1.165, 1.54) is 18.5 Å². The maximum absolute atomic E-state index is 4.77. The first-order valence-electron chi connectivity index (χ1n) is 7.00. The molecule has 2 aromatic heterocycles. The zero-order chi connectivity index (χ0) is 13.2. The summed E-state index contributed by atoms with van der Waals surface area (Å²) >= 11 is 1.72. The molecule has 3 rings (SSSR count). The van der Waals surface area contributed by atoms with Crippen LogP contribution < -0.4 is 5.32 Å². The molecule has 1 saturated carbocycles. The lowest BCUT2D eigenvalue weighted by Gasteiger charge is -2.09. The first kappa shape index (κ1) is 12.8. The van der Waals surface area contributed by atoms with Gasteiger partial charge in [-0.2, -0.15) is 0 Å². The van der Waals surface area contributed by atoms with Crippen LogP contribution in [0.4, 0.5) is 0 Å². The van der Waals surface area contributed by atoms with Crippen LogP contribution in [0, 0.1) is 0 Å². The van der Waals surface area contributed by atoms with E-state index >= 15 is 0 Å². The van der Waals surface area contributed by atoms with E-state index in [-0.39, 0.29) is 0 Å². The van der Waals surface area contributed by atoms with Crippen molar-refractivity contribution in [3.63, 3.8) is 0 Å². The van der Waals surface area contributed by atoms with Gasteiger partial charge >= 0.3 is 0 Å². The highest BCUT2D eigenvalue weighted by atomic mass is 32.1. The molecule has 5 heteroatoms. The third-order valence-electron chi connectivity index (χ3n) is 3.49. The van der Waals surface area contributed by atoms with Crippen molar-refractivity contribution in [1.29, 1.82) is 0 Å². The van der Waals surface area contributed by atoms with Gasteiger partial charge in [0.15, 0.2) is 0 Å². The van der Waals surface area contributed by atoms with E-state index < -0.39 is 0 Å². The van der Waals surface area contributed by atoms with Crippen LogP contribution in [0.2, 0.25) is 0 Å². The van der Waals surface area contributed by atoms with Crippen molar-refractivity contribution in [2.45, 2.75) is 45.2 Å². The summed E-state index contributed by atoms with van der Waals surface area (Å²) in [6.45, 7) is 5.39. The van der Waals surface area contributed by atoms with Gasteiger partial charge in [-0.15, -0.1) is 11.3 Å². The van der Waals surface area contributed by atoms with Crippen molar-refractivity contribution in [2.24, 2.45) is 0 Å². The zero-order valence-electron chi connectivity index (χ0n) is 11.5. The lowest BCUT2D eigenvalue weighted by molar-refractivity contribution is 0.561. The summed E-state index contributed by atoms with van der Waals surface area (Å²) in [6.07, 6.45) is 7.57. The Morgan fingerprint density at radius 1 is 1.53 bits per heavy atom. The largest absolute Gasteiger partial charge is 0.326 e. The number of hydrogen-bond donors (Lipinski definition) is 1. The van der Waals surface area contributed by atoms with Crippen LogP contribution in [-0.2, 0) is 0 Å². The van der Waals surface area contributed by atoms with Crippen molar-refractivity contribution in [3.8, 4) is 10.7 Å². The average Bonchev–Trinajstić information content (AvgIpc) is 2.95. The summed E-state index contributed by atoms with van der Waals surface area (Å²) in [5.41, 5.74) is 2.30. The summed E-state index contributed by atoms with van der Waals surface area (Å²) in [5, 5.41) is 6.73. The molecule has 1 aliphatic rings. The molecular weight excluding hydrogens is 256 g/mol. The number of aromatic nitrogens is 3. The van der Waals surface area contributed by atoms with Gasteiger partial charge in [-0.05, 0) is 32.7 Å². The van der Waals surface area contributed by atoms with Crippen molar-refractivity contribution in [2.75, 3.05) is 6.54 Å². The van der Waals surface area contributed by atoms with Crippen molar-refractivity contribution in [3.05, 3.63) is 23.6 Å². The highest BCUT2D eigenvalue weighted by molar-refractivity contribution is 7.13. The zero-order valence-corrected chi connectivity index (χ0v) is 12.3. The minimum Gasteiger partial charge on any atom is -0.326 e. The third kappa shape index (κ3) is 2.72. The first-order chi connectivity index (χ1) is 9.29. The molecule has 1 aliphatic carbocycles. The Hall–Kier alpha value is -1.20. The normalized spacial score (nSPS) is 16.7. The Morgan fingerprint density at radius 2 is 2.37 bits per heavy atom. The first-order valence-corrected chi connectivity index (χ1v) is 7.88. The van der Waals surface area contributed by atoms with Crippen molar-refractivity contribution in [1.82, 2.24) is 19.9 Å². The molecule has 0 aliphatic heterocycles. The Kier molecular flexibility index (Phi) is 3.66. The molecular formula is C14H20N4S. The van der Waals surface area contributed by atoms with Crippen LogP contribution in [0.1, 0.15) is 50.9 Å². The molecule has 0 bridgehead atoms. The summed E-state index contributed by atoms with van der Waals surface area (Å²) in [5.74, 6) is 0. The van der Waals surface area contributed by atoms with Gasteiger partial charge in [0.1, 0.15) is 5.01 Å². The summed E-state index contributed by atoms with van der Waals surface area (Å²) < 4.78 is 2.27. The van der Waals surface area contributed by atoms with Gasteiger partial charge in [0, 0.05) is 17.5 Å². The maximum Gasteiger partial charge on any atom is 0.141 e. The highest BCUT2D eigenvalue weighted by Crippen LogP contribution is 2.38. The minimum atomic E-state index is 0.322. The van der Waals surface area contributed by atoms with Crippen LogP contribution in [0.5, 0.6) is 0 Å². The van der Waals surface area contributed by atoms with Crippen LogP contribution >= 0.6 is 11.3 Å². The Labute approximate surface area is 117 Å². The smallest absolute Gasteiger partial charge is 0.141 e. The van der Waals surface area contributed by atoms with Gasteiger partial charge in [-0.1, -0.05) is 6.92 Å². The van der Waals surface area contributed by atoms with E-state index in [1.807, 2.05) is 12.5 Å². The molecule has 102 valence electrons. The molecule has 2 aromatic rings. The lowest BCUT2D eigenvalue weighted by atomic mass is 10.2. The summed E-state index contributed by atoms with van der Waals surface area (Å²) in [6, 6.07) is 0.975. The van der Waals surface area contributed by atoms with Gasteiger partial charge in [-0.25, -0.2) is 9.97 Å². The quantitative estimate of drug-likeness (QED) is 0.879. The predicted molar refractivity (Wildman–Crippen MR) is 78.3 cm³/mol. The molecule has 1 unspecified atom stereocenters. The molecule has 0 saturated heterocycles. The summed E-state index contributed by atoms with van der Waals surface area (Å²) in [7, 11) is 0. The number of nitrogens with zero attached hydrogens (tertiary/aromatic N) is 3. The fourth-order valence-corrected chi connectivity index (χ4v) is 3.11. The molecule has 0 radical (unpaired) electrons. The van der Waals surface area contributed by atoms with Crippen LogP contribution in [0.15, 0.2) is 17.9 Å². The van der Waals surface area contributed by atoms with E-state index in [0.717, 1.165) is 23.7 Å². The number of rotatable bonds is 6. The SMILES string of the molecule is CCCNC(C)c1csc(-c2cncn2C2CC2)n1. The Balaban J connectivity index is 1.78. The van der Waals surface area contributed by atoms with Gasteiger partial charge < -0.3 is 9.88 Å². The summed E-state index contributed by atoms with van der Waals surface area (Å²) in [4.78, 5) is 9.05. The van der Waals surface area contributed by atoms with E-state index in [9.17, 15) is 0 Å². The van der Waals surface area contributed by atoms with Crippen LogP contribution in [0.25, 0.3) is 10.7 Å². The molecule has 1 N–H and O–H groups in total. The molecule has 0 aromatic carbocycles. The molecule has 2 heterocycles. The number of imidazole rings is 1. The average molecular weight is 276 g/mol. The van der Waals surface area contributed by atoms with Gasteiger partial charge in [-0.3, -0.25) is 0 Å². The van der Waals surface area contributed by atoms with Crippen LogP contribution in [-0.4, -0.2) is 21.1 Å². The molecule has 4 nitrogen and oxygen atoms in total. The van der Waals surface area contributed by atoms with Gasteiger partial charge in [0.25, 0.3) is 0 Å². The second-order valence-corrected chi connectivity index (χ2v) is 6.03. The second kappa shape index (κ2) is 5.43. The van der Waals surface area contributed by atoms with Crippen molar-refractivity contribution < 1.29 is 0 Å². The van der Waals surface area contributed by atoms with E-state index in [1.54, 1.807) is 11.3 Å². The maximum atomic E-state index is 4.77. The number of nitrogens with one attached hydrogen (secondary N) is 1. The second-order valence-electron chi connectivity index (χ2n) is 5.17. The topological polar surface area (TPSA) is 42.7 Å². The molecule has 1 atom stereocenters. The Morgan fingerprint density at radius 3 is 3.11 bits per heavy atom. The van der Waals surface area contributed by atoms with Crippen molar-refractivity contribution >= 4 is 11.3 Å². The van der Waals surface area contributed by atoms with Gasteiger partial charge in [0.2, 0.25) is 0 Å². The molecule has 1 fully saturated rings. The van der Waals surface area contributed by atoms with E-state index in [4.69, 9.17) is 4.98 Å². The molecule has 0 amide bonds. The Bertz CT molecular complexity index is 541. The molecule has 19 heavy (non-hydrogen) atoms.